The highest BCUT2D eigenvalue weighted by Crippen LogP contribution is 2.31. The maximum Gasteiger partial charge on any atom is 0.274 e. The Morgan fingerprint density at radius 1 is 1.07 bits per heavy atom. The third kappa shape index (κ3) is 3.72. The monoisotopic (exact) mass is 386 g/mol. The summed E-state index contributed by atoms with van der Waals surface area (Å²) in [6, 6.07) is 7.42. The molecule has 4 rings (SSSR count). The molecule has 0 bridgehead atoms. The summed E-state index contributed by atoms with van der Waals surface area (Å²) in [6.07, 6.45) is 4.65. The van der Waals surface area contributed by atoms with E-state index >= 15 is 0 Å². The Bertz CT molecular complexity index is 875. The second-order valence-electron chi connectivity index (χ2n) is 7.30. The van der Waals surface area contributed by atoms with Crippen LogP contribution in [0.15, 0.2) is 30.5 Å². The Morgan fingerprint density at radius 3 is 2.52 bits per heavy atom. The summed E-state index contributed by atoms with van der Waals surface area (Å²) in [5.74, 6) is 0.392. The van der Waals surface area contributed by atoms with Gasteiger partial charge < -0.3 is 9.80 Å². The van der Waals surface area contributed by atoms with Crippen LogP contribution in [0.2, 0.25) is 5.02 Å². The number of nitrogens with zero attached hydrogens (tertiary/aromatic N) is 4. The van der Waals surface area contributed by atoms with E-state index in [9.17, 15) is 9.59 Å². The number of benzene rings is 1. The molecule has 2 aliphatic rings. The fourth-order valence-electron chi connectivity index (χ4n) is 3.51. The van der Waals surface area contributed by atoms with Gasteiger partial charge in [0.05, 0.1) is 10.7 Å². The molecule has 1 saturated carbocycles. The molecule has 0 N–H and O–H groups in total. The van der Waals surface area contributed by atoms with Crippen molar-refractivity contribution in [1.82, 2.24) is 19.6 Å². The number of hydrogen-bond acceptors (Lipinski definition) is 3. The molecule has 0 spiro atoms. The summed E-state index contributed by atoms with van der Waals surface area (Å²) in [4.78, 5) is 29.1. The van der Waals surface area contributed by atoms with E-state index in [1.54, 1.807) is 10.7 Å². The Hall–Kier alpha value is -2.34. The van der Waals surface area contributed by atoms with Crippen molar-refractivity contribution in [2.45, 2.75) is 26.2 Å². The lowest BCUT2D eigenvalue weighted by Crippen LogP contribution is -2.38. The minimum absolute atomic E-state index is 0.0842. The molecule has 2 heterocycles. The summed E-state index contributed by atoms with van der Waals surface area (Å²) in [6.45, 7) is 4.41. The number of hydrogen-bond donors (Lipinski definition) is 0. The smallest absolute Gasteiger partial charge is 0.274 e. The number of carbonyl (C=O) groups excluding carboxylic acids is 2. The van der Waals surface area contributed by atoms with Crippen molar-refractivity contribution in [2.24, 2.45) is 5.92 Å². The lowest BCUT2D eigenvalue weighted by atomic mass is 10.2. The summed E-state index contributed by atoms with van der Waals surface area (Å²) in [5, 5.41) is 5.09. The minimum Gasteiger partial charge on any atom is -0.341 e. The van der Waals surface area contributed by atoms with E-state index in [-0.39, 0.29) is 17.7 Å². The van der Waals surface area contributed by atoms with Gasteiger partial charge in [0.1, 0.15) is 0 Å². The highest BCUT2D eigenvalue weighted by Gasteiger charge is 2.34. The van der Waals surface area contributed by atoms with Crippen LogP contribution in [-0.4, -0.2) is 57.6 Å². The first-order valence-electron chi connectivity index (χ1n) is 9.44. The maximum absolute atomic E-state index is 13.0. The Balaban J connectivity index is 1.49. The number of carbonyl (C=O) groups is 2. The zero-order valence-corrected chi connectivity index (χ0v) is 16.2. The molecule has 1 aromatic carbocycles. The molecular weight excluding hydrogens is 364 g/mol. The fourth-order valence-corrected chi connectivity index (χ4v) is 3.73. The van der Waals surface area contributed by atoms with Gasteiger partial charge in [0, 0.05) is 43.9 Å². The van der Waals surface area contributed by atoms with E-state index in [1.165, 1.54) is 0 Å². The second kappa shape index (κ2) is 7.35. The van der Waals surface area contributed by atoms with Gasteiger partial charge in [-0.1, -0.05) is 23.7 Å². The first-order valence-corrected chi connectivity index (χ1v) is 9.81. The minimum atomic E-state index is -0.0842. The zero-order valence-electron chi connectivity index (χ0n) is 15.4. The van der Waals surface area contributed by atoms with Gasteiger partial charge in [-0.05, 0) is 38.3 Å². The molecule has 2 fully saturated rings. The molecule has 142 valence electrons. The highest BCUT2D eigenvalue weighted by atomic mass is 35.5. The predicted octanol–water partition coefficient (Wildman–Crippen LogP) is 2.92. The molecule has 6 nitrogen and oxygen atoms in total. The first kappa shape index (κ1) is 18.0. The number of amides is 2. The van der Waals surface area contributed by atoms with E-state index in [0.29, 0.717) is 30.4 Å². The van der Waals surface area contributed by atoms with E-state index in [2.05, 4.69) is 5.10 Å². The largest absolute Gasteiger partial charge is 0.341 e. The molecule has 0 unspecified atom stereocenters. The quantitative estimate of drug-likeness (QED) is 0.814. The summed E-state index contributed by atoms with van der Waals surface area (Å²) in [5.41, 5.74) is 2.00. The first-order chi connectivity index (χ1) is 13.0. The van der Waals surface area contributed by atoms with Crippen LogP contribution in [-0.2, 0) is 4.79 Å². The third-order valence-electron chi connectivity index (χ3n) is 5.22. The molecule has 27 heavy (non-hydrogen) atoms. The Kier molecular flexibility index (Phi) is 4.91. The van der Waals surface area contributed by atoms with Gasteiger partial charge in [0.2, 0.25) is 5.91 Å². The normalized spacial score (nSPS) is 17.7. The summed E-state index contributed by atoms with van der Waals surface area (Å²) < 4.78 is 1.66. The highest BCUT2D eigenvalue weighted by molar-refractivity contribution is 6.32. The van der Waals surface area contributed by atoms with Crippen LogP contribution < -0.4 is 0 Å². The molecule has 2 aromatic rings. The molecular formula is C20H23ClN4O2. The zero-order chi connectivity index (χ0) is 19.0. The van der Waals surface area contributed by atoms with Crippen molar-refractivity contribution in [1.29, 1.82) is 0 Å². The molecule has 1 aliphatic carbocycles. The number of aryl methyl sites for hydroxylation is 1. The summed E-state index contributed by atoms with van der Waals surface area (Å²) in [7, 11) is 0. The number of rotatable bonds is 3. The molecule has 0 radical (unpaired) electrons. The molecule has 1 aliphatic heterocycles. The Morgan fingerprint density at radius 2 is 1.78 bits per heavy atom. The van der Waals surface area contributed by atoms with Gasteiger partial charge >= 0.3 is 0 Å². The van der Waals surface area contributed by atoms with Gasteiger partial charge in [0.25, 0.3) is 5.91 Å². The average molecular weight is 387 g/mol. The van der Waals surface area contributed by atoms with E-state index < -0.39 is 0 Å². The van der Waals surface area contributed by atoms with Crippen molar-refractivity contribution in [3.63, 3.8) is 0 Å². The third-order valence-corrected chi connectivity index (χ3v) is 5.54. The van der Waals surface area contributed by atoms with Gasteiger partial charge in [-0.2, -0.15) is 5.10 Å². The van der Waals surface area contributed by atoms with Crippen LogP contribution in [0, 0.1) is 12.8 Å². The van der Waals surface area contributed by atoms with Crippen LogP contribution in [0.3, 0.4) is 0 Å². The number of halogens is 1. The van der Waals surface area contributed by atoms with E-state index in [4.69, 9.17) is 11.6 Å². The van der Waals surface area contributed by atoms with Crippen molar-refractivity contribution in [3.05, 3.63) is 46.7 Å². The van der Waals surface area contributed by atoms with Crippen molar-refractivity contribution in [3.8, 4) is 5.69 Å². The van der Waals surface area contributed by atoms with Crippen molar-refractivity contribution in [2.75, 3.05) is 26.2 Å². The molecule has 7 heteroatoms. The maximum atomic E-state index is 13.0. The topological polar surface area (TPSA) is 58.4 Å². The van der Waals surface area contributed by atoms with Crippen LogP contribution in [0.5, 0.6) is 0 Å². The SMILES string of the molecule is Cc1cn(-c2ccccc2Cl)nc1C(=O)N1CCCN(C(=O)C2CC2)CC1. The summed E-state index contributed by atoms with van der Waals surface area (Å²) >= 11 is 6.25. The molecule has 1 saturated heterocycles. The second-order valence-corrected chi connectivity index (χ2v) is 7.71. The van der Waals surface area contributed by atoms with Crippen molar-refractivity contribution < 1.29 is 9.59 Å². The van der Waals surface area contributed by atoms with Gasteiger partial charge in [-0.25, -0.2) is 4.68 Å². The molecule has 0 atom stereocenters. The van der Waals surface area contributed by atoms with Crippen LogP contribution in [0.4, 0.5) is 0 Å². The average Bonchev–Trinajstić information content (AvgIpc) is 3.47. The number of para-hydroxylation sites is 1. The van der Waals surface area contributed by atoms with Crippen LogP contribution >= 0.6 is 11.6 Å². The Labute approximate surface area is 163 Å². The molecule has 2 amide bonds. The van der Waals surface area contributed by atoms with E-state index in [0.717, 1.165) is 37.1 Å². The van der Waals surface area contributed by atoms with E-state index in [1.807, 2.05) is 41.1 Å². The lowest BCUT2D eigenvalue weighted by molar-refractivity contribution is -0.132. The predicted molar refractivity (Wildman–Crippen MR) is 103 cm³/mol. The van der Waals surface area contributed by atoms with Gasteiger partial charge in [-0.15, -0.1) is 0 Å². The lowest BCUT2D eigenvalue weighted by Gasteiger charge is -2.21. The van der Waals surface area contributed by atoms with Crippen LogP contribution in [0.1, 0.15) is 35.3 Å². The van der Waals surface area contributed by atoms with Gasteiger partial charge in [0.15, 0.2) is 5.69 Å². The van der Waals surface area contributed by atoms with Gasteiger partial charge in [-0.3, -0.25) is 9.59 Å². The standard InChI is InChI=1S/C20H23ClN4O2/c1-14-13-25(17-6-3-2-5-16(17)21)22-18(14)20(27)24-10-4-9-23(11-12-24)19(26)15-7-8-15/h2-3,5-6,13,15H,4,7-12H2,1H3. The van der Waals surface area contributed by atoms with Crippen molar-refractivity contribution >= 4 is 23.4 Å². The van der Waals surface area contributed by atoms with Crippen LogP contribution in [0.25, 0.3) is 5.69 Å². The molecule has 1 aromatic heterocycles. The fraction of sp³-hybridized carbons (Fsp3) is 0.450. The number of aromatic nitrogens is 2.